The number of halogens is 3. The third kappa shape index (κ3) is 7.18. The maximum atomic E-state index is 13.3. The number of aryl methyl sites for hydroxylation is 1. The van der Waals surface area contributed by atoms with E-state index < -0.39 is 11.7 Å². The fourth-order valence-corrected chi connectivity index (χ4v) is 6.53. The van der Waals surface area contributed by atoms with E-state index >= 15 is 0 Å². The molecule has 2 aliphatic heterocycles. The summed E-state index contributed by atoms with van der Waals surface area (Å²) in [5, 5.41) is 10.1. The van der Waals surface area contributed by atoms with E-state index in [0.717, 1.165) is 79.7 Å². The van der Waals surface area contributed by atoms with Crippen molar-refractivity contribution in [2.45, 2.75) is 57.9 Å². The third-order valence-corrected chi connectivity index (χ3v) is 9.11. The molecule has 3 heterocycles. The maximum Gasteiger partial charge on any atom is 0.416 e. The molecule has 234 valence electrons. The molecule has 9 heteroatoms. The zero-order valence-corrected chi connectivity index (χ0v) is 25.3. The lowest BCUT2D eigenvalue weighted by Gasteiger charge is -2.33. The Kier molecular flexibility index (Phi) is 8.86. The van der Waals surface area contributed by atoms with Crippen LogP contribution in [0, 0.1) is 24.2 Å². The minimum atomic E-state index is -4.34. The molecule has 0 saturated carbocycles. The monoisotopic (exact) mass is 615 g/mol. The number of anilines is 1. The van der Waals surface area contributed by atoms with Crippen LogP contribution in [0.4, 0.5) is 18.9 Å². The largest absolute Gasteiger partial charge is 0.490 e. The SMILES string of the molecule is Cc1c(C(=O)CC2CCN(Cc3cccc(C#N)c3)CC2)oc2cc(OC3CCN(c4ccc(C(F)(F)F)cc4)CC3)ccc12. The van der Waals surface area contributed by atoms with E-state index in [1.165, 1.54) is 12.1 Å². The Morgan fingerprint density at radius 2 is 1.71 bits per heavy atom. The second-order valence-corrected chi connectivity index (χ2v) is 12.2. The number of piperidine rings is 2. The number of hydrogen-bond donors (Lipinski definition) is 0. The van der Waals surface area contributed by atoms with Crippen molar-refractivity contribution < 1.29 is 27.1 Å². The van der Waals surface area contributed by atoms with Crippen LogP contribution in [-0.2, 0) is 12.7 Å². The predicted molar refractivity (Wildman–Crippen MR) is 166 cm³/mol. The number of carbonyl (C=O) groups is 1. The van der Waals surface area contributed by atoms with Crippen molar-refractivity contribution in [2.24, 2.45) is 5.92 Å². The number of hydrogen-bond acceptors (Lipinski definition) is 6. The van der Waals surface area contributed by atoms with Gasteiger partial charge in [0, 0.05) is 61.6 Å². The number of nitrogens with zero attached hydrogens (tertiary/aromatic N) is 3. The average Bonchev–Trinajstić information content (AvgIpc) is 3.37. The summed E-state index contributed by atoms with van der Waals surface area (Å²) < 4.78 is 51.1. The van der Waals surface area contributed by atoms with E-state index in [2.05, 4.69) is 15.9 Å². The third-order valence-electron chi connectivity index (χ3n) is 9.11. The van der Waals surface area contributed by atoms with Crippen LogP contribution in [-0.4, -0.2) is 43.0 Å². The van der Waals surface area contributed by atoms with E-state index in [1.54, 1.807) is 0 Å². The van der Waals surface area contributed by atoms with E-state index in [1.807, 2.05) is 49.4 Å². The Bertz CT molecular complexity index is 1690. The number of benzene rings is 3. The second kappa shape index (κ2) is 13.0. The number of likely N-dealkylation sites (tertiary alicyclic amines) is 1. The fourth-order valence-electron chi connectivity index (χ4n) is 6.53. The van der Waals surface area contributed by atoms with Crippen LogP contribution < -0.4 is 9.64 Å². The van der Waals surface area contributed by atoms with E-state index in [0.29, 0.717) is 48.1 Å². The first-order chi connectivity index (χ1) is 21.7. The minimum absolute atomic E-state index is 0.0218. The lowest BCUT2D eigenvalue weighted by Crippen LogP contribution is -2.38. The lowest BCUT2D eigenvalue weighted by atomic mass is 9.90. The molecule has 0 spiro atoms. The molecule has 0 atom stereocenters. The zero-order chi connectivity index (χ0) is 31.6. The van der Waals surface area contributed by atoms with Gasteiger partial charge in [-0.25, -0.2) is 0 Å². The number of Topliss-reactive ketones (excluding diaryl/α,β-unsaturated/α-hetero) is 1. The molecule has 0 aliphatic carbocycles. The van der Waals surface area contributed by atoms with Crippen molar-refractivity contribution in [1.29, 1.82) is 5.26 Å². The van der Waals surface area contributed by atoms with E-state index in [-0.39, 0.29) is 11.9 Å². The molecule has 6 rings (SSSR count). The van der Waals surface area contributed by atoms with Crippen LogP contribution in [0.3, 0.4) is 0 Å². The lowest BCUT2D eigenvalue weighted by molar-refractivity contribution is -0.137. The molecule has 2 aliphatic rings. The van der Waals surface area contributed by atoms with Gasteiger partial charge in [0.15, 0.2) is 11.5 Å². The average molecular weight is 616 g/mol. The van der Waals surface area contributed by atoms with Gasteiger partial charge in [0.25, 0.3) is 0 Å². The Balaban J connectivity index is 1.01. The van der Waals surface area contributed by atoms with Crippen molar-refractivity contribution in [3.63, 3.8) is 0 Å². The Morgan fingerprint density at radius 1 is 0.978 bits per heavy atom. The Labute approximate surface area is 261 Å². The first-order valence-electron chi connectivity index (χ1n) is 15.5. The summed E-state index contributed by atoms with van der Waals surface area (Å²) in [5.74, 6) is 1.43. The molecule has 6 nitrogen and oxygen atoms in total. The molecule has 1 aromatic heterocycles. The topological polar surface area (TPSA) is 69.7 Å². The van der Waals surface area contributed by atoms with Crippen LogP contribution in [0.1, 0.15) is 64.9 Å². The molecule has 0 unspecified atom stereocenters. The summed E-state index contributed by atoms with van der Waals surface area (Å²) in [6.45, 7) is 5.93. The molecule has 0 amide bonds. The Hall–Kier alpha value is -4.29. The molecule has 2 saturated heterocycles. The highest BCUT2D eigenvalue weighted by atomic mass is 19.4. The number of fused-ring (bicyclic) bond motifs is 1. The number of carbonyl (C=O) groups excluding carboxylic acids is 1. The first kappa shape index (κ1) is 30.7. The molecule has 4 aromatic rings. The highest BCUT2D eigenvalue weighted by Gasteiger charge is 2.31. The predicted octanol–water partition coefficient (Wildman–Crippen LogP) is 8.16. The van der Waals surface area contributed by atoms with Crippen LogP contribution in [0.25, 0.3) is 11.0 Å². The van der Waals surface area contributed by atoms with Crippen LogP contribution in [0.15, 0.2) is 71.1 Å². The summed E-state index contributed by atoms with van der Waals surface area (Å²) in [4.78, 5) is 17.8. The molecule has 0 radical (unpaired) electrons. The van der Waals surface area contributed by atoms with Crippen molar-refractivity contribution in [3.8, 4) is 11.8 Å². The molecule has 0 N–H and O–H groups in total. The van der Waals surface area contributed by atoms with Gasteiger partial charge in [-0.1, -0.05) is 12.1 Å². The summed E-state index contributed by atoms with van der Waals surface area (Å²) in [7, 11) is 0. The van der Waals surface area contributed by atoms with Gasteiger partial charge in [0.1, 0.15) is 17.4 Å². The molecule has 2 fully saturated rings. The summed E-state index contributed by atoms with van der Waals surface area (Å²) >= 11 is 0. The van der Waals surface area contributed by atoms with Gasteiger partial charge in [0.05, 0.1) is 17.2 Å². The number of ether oxygens (including phenoxy) is 1. The number of ketones is 1. The fraction of sp³-hybridized carbons (Fsp3) is 0.389. The summed E-state index contributed by atoms with van der Waals surface area (Å²) in [6, 6.07) is 20.9. The van der Waals surface area contributed by atoms with Gasteiger partial charge in [-0.15, -0.1) is 0 Å². The Morgan fingerprint density at radius 3 is 2.40 bits per heavy atom. The molecule has 45 heavy (non-hydrogen) atoms. The van der Waals surface area contributed by atoms with Gasteiger partial charge in [-0.2, -0.15) is 18.4 Å². The van der Waals surface area contributed by atoms with Crippen LogP contribution >= 0.6 is 0 Å². The van der Waals surface area contributed by atoms with Gasteiger partial charge in [0.2, 0.25) is 0 Å². The number of nitriles is 1. The highest BCUT2D eigenvalue weighted by molar-refractivity contribution is 6.00. The molecule has 3 aromatic carbocycles. The highest BCUT2D eigenvalue weighted by Crippen LogP contribution is 2.34. The van der Waals surface area contributed by atoms with Gasteiger partial charge in [-0.3, -0.25) is 9.69 Å². The van der Waals surface area contributed by atoms with Gasteiger partial charge < -0.3 is 14.1 Å². The summed E-state index contributed by atoms with van der Waals surface area (Å²) in [6.07, 6.45) is -0.535. The van der Waals surface area contributed by atoms with E-state index in [9.17, 15) is 18.0 Å². The van der Waals surface area contributed by atoms with Crippen LogP contribution in [0.2, 0.25) is 0 Å². The standard InChI is InChI=1S/C36H36F3N3O3/c1-24-32-10-9-31(44-30-13-17-42(18-14-30)29-7-5-28(6-8-29)36(37,38)39)21-34(32)45-35(24)33(43)20-25-11-15-41(16-12-25)23-27-4-2-3-26(19-27)22-40/h2-10,19,21,25,30H,11-18,20,23H2,1H3. The van der Waals surface area contributed by atoms with Crippen LogP contribution in [0.5, 0.6) is 5.75 Å². The van der Waals surface area contributed by atoms with Crippen molar-refractivity contribution in [2.75, 3.05) is 31.1 Å². The van der Waals surface area contributed by atoms with Gasteiger partial charge >= 0.3 is 6.18 Å². The summed E-state index contributed by atoms with van der Waals surface area (Å²) in [5.41, 5.74) is 3.42. The number of furan rings is 1. The maximum absolute atomic E-state index is 13.3. The van der Waals surface area contributed by atoms with Crippen molar-refractivity contribution in [1.82, 2.24) is 4.90 Å². The molecular weight excluding hydrogens is 579 g/mol. The smallest absolute Gasteiger partial charge is 0.416 e. The number of alkyl halides is 3. The minimum Gasteiger partial charge on any atom is -0.490 e. The zero-order valence-electron chi connectivity index (χ0n) is 25.3. The van der Waals surface area contributed by atoms with Crippen molar-refractivity contribution >= 4 is 22.4 Å². The first-order valence-corrected chi connectivity index (χ1v) is 15.5. The normalized spacial score (nSPS) is 17.0. The molecule has 0 bridgehead atoms. The van der Waals surface area contributed by atoms with E-state index in [4.69, 9.17) is 14.4 Å². The quantitative estimate of drug-likeness (QED) is 0.186. The van der Waals surface area contributed by atoms with Gasteiger partial charge in [-0.05, 0) is 92.9 Å². The second-order valence-electron chi connectivity index (χ2n) is 12.2. The van der Waals surface area contributed by atoms with Crippen molar-refractivity contribution in [3.05, 3.63) is 94.7 Å². The number of rotatable bonds is 8. The molecular formula is C36H36F3N3O3.